The van der Waals surface area contributed by atoms with Gasteiger partial charge in [0.05, 0.1) is 0 Å². The maximum absolute atomic E-state index is 12.0. The smallest absolute Gasteiger partial charge is 0.410 e. The first-order chi connectivity index (χ1) is 9.35. The minimum Gasteiger partial charge on any atom is -0.444 e. The Hall–Kier alpha value is -1.49. The molecule has 1 aromatic heterocycles. The van der Waals surface area contributed by atoms with Gasteiger partial charge in [0.25, 0.3) is 0 Å². The van der Waals surface area contributed by atoms with E-state index >= 15 is 0 Å². The van der Waals surface area contributed by atoms with E-state index in [0.717, 1.165) is 18.9 Å². The summed E-state index contributed by atoms with van der Waals surface area (Å²) in [5.41, 5.74) is -0.456. The van der Waals surface area contributed by atoms with Crippen molar-refractivity contribution in [2.75, 3.05) is 31.1 Å². The highest BCUT2D eigenvalue weighted by Crippen LogP contribution is 2.18. The molecule has 1 aliphatic heterocycles. The molecule has 0 aromatic carbocycles. The van der Waals surface area contributed by atoms with E-state index in [9.17, 15) is 4.79 Å². The Morgan fingerprint density at radius 2 is 1.95 bits per heavy atom. The molecule has 0 N–H and O–H groups in total. The number of carbonyl (C=O) groups is 1. The molecule has 110 valence electrons. The first kappa shape index (κ1) is 14.9. The fraction of sp³-hybridized carbons (Fsp3) is 0.571. The van der Waals surface area contributed by atoms with Crippen LogP contribution in [0.1, 0.15) is 20.8 Å². The Bertz CT molecular complexity index is 480. The monoisotopic (exact) mass is 297 g/mol. The van der Waals surface area contributed by atoms with Crippen LogP contribution < -0.4 is 4.90 Å². The van der Waals surface area contributed by atoms with Gasteiger partial charge >= 0.3 is 6.09 Å². The molecule has 0 aliphatic carbocycles. The van der Waals surface area contributed by atoms with Gasteiger partial charge in [-0.15, -0.1) is 0 Å². The summed E-state index contributed by atoms with van der Waals surface area (Å²) in [7, 11) is 0. The Kier molecular flexibility index (Phi) is 4.38. The summed E-state index contributed by atoms with van der Waals surface area (Å²) in [5.74, 6) is 0.848. The van der Waals surface area contributed by atoms with E-state index in [1.54, 1.807) is 17.2 Å². The molecule has 20 heavy (non-hydrogen) atoms. The Labute approximate surface area is 124 Å². The third kappa shape index (κ3) is 4.00. The van der Waals surface area contributed by atoms with Crippen molar-refractivity contribution in [3.63, 3.8) is 0 Å². The van der Waals surface area contributed by atoms with E-state index in [-0.39, 0.29) is 6.09 Å². The quantitative estimate of drug-likeness (QED) is 0.799. The van der Waals surface area contributed by atoms with Gasteiger partial charge in [0.2, 0.25) is 0 Å². The third-order valence-corrected chi connectivity index (χ3v) is 3.20. The van der Waals surface area contributed by atoms with Crippen molar-refractivity contribution in [1.82, 2.24) is 9.88 Å². The standard InChI is InChI=1S/C14H20ClN3O2/c1-14(2,3)20-13(19)18-8-6-17(7-9-18)12-10-11(15)4-5-16-12/h4-5,10H,6-9H2,1-3H3. The molecule has 5 nitrogen and oxygen atoms in total. The molecule has 1 amide bonds. The summed E-state index contributed by atoms with van der Waals surface area (Å²) in [5, 5.41) is 0.671. The number of hydrogen-bond acceptors (Lipinski definition) is 4. The highest BCUT2D eigenvalue weighted by molar-refractivity contribution is 6.30. The van der Waals surface area contributed by atoms with Gasteiger partial charge in [0.15, 0.2) is 0 Å². The number of amides is 1. The molecule has 0 atom stereocenters. The van der Waals surface area contributed by atoms with Crippen molar-refractivity contribution in [1.29, 1.82) is 0 Å². The fourth-order valence-corrected chi connectivity index (χ4v) is 2.17. The van der Waals surface area contributed by atoms with E-state index in [2.05, 4.69) is 9.88 Å². The average Bonchev–Trinajstić information content (AvgIpc) is 2.37. The highest BCUT2D eigenvalue weighted by atomic mass is 35.5. The Morgan fingerprint density at radius 3 is 2.50 bits per heavy atom. The number of carbonyl (C=O) groups excluding carboxylic acids is 1. The van der Waals surface area contributed by atoms with E-state index in [0.29, 0.717) is 18.1 Å². The zero-order valence-corrected chi connectivity index (χ0v) is 12.9. The molecule has 0 bridgehead atoms. The molecule has 6 heteroatoms. The summed E-state index contributed by atoms with van der Waals surface area (Å²) in [6.07, 6.45) is 1.44. The molecule has 1 saturated heterocycles. The predicted octanol–water partition coefficient (Wildman–Crippen LogP) is 2.79. The number of ether oxygens (including phenoxy) is 1. The van der Waals surface area contributed by atoms with Crippen molar-refractivity contribution >= 4 is 23.5 Å². The highest BCUT2D eigenvalue weighted by Gasteiger charge is 2.26. The van der Waals surface area contributed by atoms with Crippen LogP contribution in [0.3, 0.4) is 0 Å². The van der Waals surface area contributed by atoms with Crippen LogP contribution in [0.15, 0.2) is 18.3 Å². The van der Waals surface area contributed by atoms with Crippen LogP contribution in [-0.4, -0.2) is 47.8 Å². The summed E-state index contributed by atoms with van der Waals surface area (Å²) in [6, 6.07) is 3.59. The van der Waals surface area contributed by atoms with Crippen LogP contribution in [-0.2, 0) is 4.74 Å². The first-order valence-electron chi connectivity index (χ1n) is 6.69. The molecule has 2 rings (SSSR count). The number of aromatic nitrogens is 1. The lowest BCUT2D eigenvalue weighted by Crippen LogP contribution is -2.50. The Balaban J connectivity index is 1.91. The third-order valence-electron chi connectivity index (χ3n) is 2.96. The summed E-state index contributed by atoms with van der Waals surface area (Å²) < 4.78 is 5.37. The van der Waals surface area contributed by atoms with E-state index in [1.165, 1.54) is 0 Å². The van der Waals surface area contributed by atoms with Crippen molar-refractivity contribution in [3.8, 4) is 0 Å². The first-order valence-corrected chi connectivity index (χ1v) is 7.07. The topological polar surface area (TPSA) is 45.7 Å². The van der Waals surface area contributed by atoms with Crippen LogP contribution in [0, 0.1) is 0 Å². The molecular weight excluding hydrogens is 278 g/mol. The normalized spacial score (nSPS) is 16.2. The lowest BCUT2D eigenvalue weighted by Gasteiger charge is -2.36. The van der Waals surface area contributed by atoms with Crippen LogP contribution in [0.4, 0.5) is 10.6 Å². The van der Waals surface area contributed by atoms with Gasteiger partial charge in [-0.3, -0.25) is 0 Å². The SMILES string of the molecule is CC(C)(C)OC(=O)N1CCN(c2cc(Cl)ccn2)CC1. The number of nitrogens with zero attached hydrogens (tertiary/aromatic N) is 3. The van der Waals surface area contributed by atoms with Crippen LogP contribution in [0.25, 0.3) is 0 Å². The minimum absolute atomic E-state index is 0.254. The lowest BCUT2D eigenvalue weighted by molar-refractivity contribution is 0.0240. The molecule has 1 fully saturated rings. The molecule has 0 saturated carbocycles. The molecule has 1 aliphatic rings. The van der Waals surface area contributed by atoms with Gasteiger partial charge in [-0.05, 0) is 32.9 Å². The number of pyridine rings is 1. The second kappa shape index (κ2) is 5.87. The van der Waals surface area contributed by atoms with Gasteiger partial charge in [-0.1, -0.05) is 11.6 Å². The second-order valence-electron chi connectivity index (χ2n) is 5.79. The number of piperazine rings is 1. The van der Waals surface area contributed by atoms with Crippen LogP contribution in [0.2, 0.25) is 5.02 Å². The van der Waals surface area contributed by atoms with E-state index in [4.69, 9.17) is 16.3 Å². The summed E-state index contributed by atoms with van der Waals surface area (Å²) >= 11 is 5.96. The second-order valence-corrected chi connectivity index (χ2v) is 6.22. The minimum atomic E-state index is -0.456. The molecule has 0 radical (unpaired) electrons. The molecule has 0 spiro atoms. The number of rotatable bonds is 1. The average molecular weight is 298 g/mol. The van der Waals surface area contributed by atoms with Crippen molar-refractivity contribution < 1.29 is 9.53 Å². The Morgan fingerprint density at radius 1 is 1.30 bits per heavy atom. The zero-order chi connectivity index (χ0) is 14.8. The van der Waals surface area contributed by atoms with Crippen molar-refractivity contribution in [2.24, 2.45) is 0 Å². The van der Waals surface area contributed by atoms with Gasteiger partial charge < -0.3 is 14.5 Å². The summed E-state index contributed by atoms with van der Waals surface area (Å²) in [6.45, 7) is 8.33. The number of hydrogen-bond donors (Lipinski definition) is 0. The van der Waals surface area contributed by atoms with Gasteiger partial charge in [0.1, 0.15) is 11.4 Å². The fourth-order valence-electron chi connectivity index (χ4n) is 2.01. The van der Waals surface area contributed by atoms with E-state index in [1.807, 2.05) is 26.8 Å². The maximum Gasteiger partial charge on any atom is 0.410 e. The van der Waals surface area contributed by atoms with Crippen molar-refractivity contribution in [3.05, 3.63) is 23.4 Å². The number of anilines is 1. The summed E-state index contributed by atoms with van der Waals surface area (Å²) in [4.78, 5) is 20.1. The molecule has 0 unspecified atom stereocenters. The molecular formula is C14H20ClN3O2. The van der Waals surface area contributed by atoms with Crippen molar-refractivity contribution in [2.45, 2.75) is 26.4 Å². The molecule has 1 aromatic rings. The molecule has 2 heterocycles. The van der Waals surface area contributed by atoms with Gasteiger partial charge in [-0.25, -0.2) is 9.78 Å². The van der Waals surface area contributed by atoms with E-state index < -0.39 is 5.60 Å². The van der Waals surface area contributed by atoms with Gasteiger partial charge in [-0.2, -0.15) is 0 Å². The van der Waals surface area contributed by atoms with Gasteiger partial charge in [0, 0.05) is 37.4 Å². The van der Waals surface area contributed by atoms with Crippen LogP contribution >= 0.6 is 11.6 Å². The number of halogens is 1. The lowest BCUT2D eigenvalue weighted by atomic mass is 10.2. The van der Waals surface area contributed by atoms with Crippen LogP contribution in [0.5, 0.6) is 0 Å². The predicted molar refractivity (Wildman–Crippen MR) is 79.3 cm³/mol. The maximum atomic E-state index is 12.0. The largest absolute Gasteiger partial charge is 0.444 e. The zero-order valence-electron chi connectivity index (χ0n) is 12.1.